The van der Waals surface area contributed by atoms with Gasteiger partial charge in [0.1, 0.15) is 11.3 Å². The monoisotopic (exact) mass is 323 g/mol. The van der Waals surface area contributed by atoms with E-state index < -0.39 is 0 Å². The third-order valence-electron chi connectivity index (χ3n) is 3.48. The van der Waals surface area contributed by atoms with Crippen molar-refractivity contribution in [3.05, 3.63) is 27.6 Å². The first kappa shape index (κ1) is 14.5. The van der Waals surface area contributed by atoms with E-state index in [1.807, 2.05) is 24.7 Å². The van der Waals surface area contributed by atoms with Gasteiger partial charge in [0, 0.05) is 29.9 Å². The van der Waals surface area contributed by atoms with Crippen LogP contribution >= 0.6 is 22.9 Å². The van der Waals surface area contributed by atoms with Crippen molar-refractivity contribution in [1.82, 2.24) is 24.3 Å². The zero-order valence-electron chi connectivity index (χ0n) is 12.4. The van der Waals surface area contributed by atoms with Gasteiger partial charge in [-0.2, -0.15) is 5.10 Å². The van der Waals surface area contributed by atoms with Crippen LogP contribution in [0.15, 0.2) is 6.20 Å². The van der Waals surface area contributed by atoms with Gasteiger partial charge in [0.15, 0.2) is 5.65 Å². The van der Waals surface area contributed by atoms with Crippen LogP contribution < -0.4 is 0 Å². The molecule has 3 aromatic heterocycles. The maximum Gasteiger partial charge on any atom is 0.159 e. The molecule has 5 nitrogen and oxygen atoms in total. The number of aryl methyl sites for hydroxylation is 4. The summed E-state index contributed by atoms with van der Waals surface area (Å²) >= 11 is 7.66. The number of alkyl halides is 1. The van der Waals surface area contributed by atoms with E-state index in [1.165, 1.54) is 4.88 Å². The molecule has 0 fully saturated rings. The quantitative estimate of drug-likeness (QED) is 0.678. The minimum atomic E-state index is 0.569. The highest BCUT2D eigenvalue weighted by atomic mass is 35.5. The highest BCUT2D eigenvalue weighted by Gasteiger charge is 2.18. The Kier molecular flexibility index (Phi) is 3.99. The first-order valence-electron chi connectivity index (χ1n) is 7.03. The molecule has 0 radical (unpaired) electrons. The van der Waals surface area contributed by atoms with Crippen LogP contribution in [0.1, 0.15) is 28.3 Å². The Balaban J connectivity index is 2.14. The Morgan fingerprint density at radius 3 is 2.76 bits per heavy atom. The molecule has 7 heteroatoms. The zero-order chi connectivity index (χ0) is 15.0. The Hall–Kier alpha value is -1.40. The van der Waals surface area contributed by atoms with Crippen LogP contribution in [0.25, 0.3) is 11.2 Å². The van der Waals surface area contributed by atoms with Crippen molar-refractivity contribution >= 4 is 34.1 Å². The Morgan fingerprint density at radius 2 is 2.14 bits per heavy atom. The maximum atomic E-state index is 5.94. The number of hydrogen-bond donors (Lipinski definition) is 0. The minimum absolute atomic E-state index is 0.569. The molecule has 3 heterocycles. The molecule has 3 rings (SSSR count). The topological polar surface area (TPSA) is 48.5 Å². The summed E-state index contributed by atoms with van der Waals surface area (Å²) in [6.45, 7) is 7.74. The van der Waals surface area contributed by atoms with Gasteiger partial charge in [0.05, 0.1) is 17.2 Å². The molecular formula is C14H18ClN5S. The van der Waals surface area contributed by atoms with Gasteiger partial charge in [-0.15, -0.1) is 22.9 Å². The van der Waals surface area contributed by atoms with Gasteiger partial charge in [-0.05, 0) is 20.8 Å². The third kappa shape index (κ3) is 2.58. The molecule has 0 N–H and O–H groups in total. The molecule has 0 saturated heterocycles. The molecule has 0 aliphatic carbocycles. The predicted molar refractivity (Wildman–Crippen MR) is 86.3 cm³/mol. The zero-order valence-corrected chi connectivity index (χ0v) is 14.0. The van der Waals surface area contributed by atoms with Gasteiger partial charge in [0.2, 0.25) is 0 Å². The summed E-state index contributed by atoms with van der Waals surface area (Å²) in [5.41, 5.74) is 3.04. The smallest absolute Gasteiger partial charge is 0.159 e. The molecule has 0 spiro atoms. The lowest BCUT2D eigenvalue weighted by atomic mass is 10.4. The first-order chi connectivity index (χ1) is 10.1. The van der Waals surface area contributed by atoms with E-state index in [0.29, 0.717) is 5.88 Å². The van der Waals surface area contributed by atoms with Gasteiger partial charge < -0.3 is 4.57 Å². The highest BCUT2D eigenvalue weighted by Crippen LogP contribution is 2.23. The van der Waals surface area contributed by atoms with Crippen LogP contribution in [0.5, 0.6) is 0 Å². The van der Waals surface area contributed by atoms with E-state index in [4.69, 9.17) is 16.6 Å². The van der Waals surface area contributed by atoms with E-state index in [1.54, 1.807) is 11.3 Å². The molecule has 112 valence electrons. The SMILES string of the molecule is CCn1nc(C)c2nc(CCCl)n(Cc3cnc(C)s3)c21. The fraction of sp³-hybridized carbons (Fsp3) is 0.500. The van der Waals surface area contributed by atoms with E-state index in [2.05, 4.69) is 21.6 Å². The van der Waals surface area contributed by atoms with Gasteiger partial charge in [-0.3, -0.25) is 0 Å². The van der Waals surface area contributed by atoms with Crippen molar-refractivity contribution < 1.29 is 0 Å². The van der Waals surface area contributed by atoms with Crippen LogP contribution in [0, 0.1) is 13.8 Å². The number of fused-ring (bicyclic) bond motifs is 1. The summed E-state index contributed by atoms with van der Waals surface area (Å²) < 4.78 is 4.25. The molecule has 21 heavy (non-hydrogen) atoms. The van der Waals surface area contributed by atoms with Crippen molar-refractivity contribution in [3.8, 4) is 0 Å². The first-order valence-corrected chi connectivity index (χ1v) is 8.39. The Labute approximate surface area is 132 Å². The number of thiazole rings is 1. The summed E-state index contributed by atoms with van der Waals surface area (Å²) in [6.07, 6.45) is 2.70. The van der Waals surface area contributed by atoms with Gasteiger partial charge in [-0.1, -0.05) is 0 Å². The maximum absolute atomic E-state index is 5.94. The molecule has 0 saturated carbocycles. The number of rotatable bonds is 5. The Bertz CT molecular complexity index is 770. The lowest BCUT2D eigenvalue weighted by Gasteiger charge is -2.08. The van der Waals surface area contributed by atoms with Crippen molar-refractivity contribution in [3.63, 3.8) is 0 Å². The second-order valence-electron chi connectivity index (χ2n) is 4.97. The molecule has 0 unspecified atom stereocenters. The van der Waals surface area contributed by atoms with Crippen LogP contribution in [0.4, 0.5) is 0 Å². The van der Waals surface area contributed by atoms with E-state index in [0.717, 1.165) is 47.2 Å². The number of hydrogen-bond acceptors (Lipinski definition) is 4. The molecule has 3 aromatic rings. The average molecular weight is 324 g/mol. The fourth-order valence-corrected chi connectivity index (χ4v) is 3.52. The van der Waals surface area contributed by atoms with Crippen molar-refractivity contribution in [2.45, 2.75) is 40.3 Å². The molecule has 0 aromatic carbocycles. The molecule has 0 bridgehead atoms. The largest absolute Gasteiger partial charge is 0.307 e. The second kappa shape index (κ2) is 5.77. The van der Waals surface area contributed by atoms with Crippen molar-refractivity contribution in [2.24, 2.45) is 0 Å². The van der Waals surface area contributed by atoms with E-state index >= 15 is 0 Å². The normalized spacial score (nSPS) is 11.6. The number of halogens is 1. The van der Waals surface area contributed by atoms with Gasteiger partial charge in [0.25, 0.3) is 0 Å². The standard InChI is InChI=1S/C14H18ClN5S/c1-4-20-14-13(9(2)18-20)17-12(5-6-15)19(14)8-11-7-16-10(3)21-11/h7H,4-6,8H2,1-3H3. The van der Waals surface area contributed by atoms with Crippen LogP contribution in [-0.4, -0.2) is 30.2 Å². The molecule has 0 aliphatic rings. The molecule has 0 amide bonds. The number of aromatic nitrogens is 5. The molecule has 0 atom stereocenters. The van der Waals surface area contributed by atoms with E-state index in [9.17, 15) is 0 Å². The number of imidazole rings is 1. The van der Waals surface area contributed by atoms with Crippen LogP contribution in [-0.2, 0) is 19.5 Å². The molecule has 0 aliphatic heterocycles. The van der Waals surface area contributed by atoms with Gasteiger partial charge in [-0.25, -0.2) is 14.6 Å². The third-order valence-corrected chi connectivity index (χ3v) is 4.57. The summed E-state index contributed by atoms with van der Waals surface area (Å²) in [5, 5.41) is 5.65. The number of nitrogens with zero attached hydrogens (tertiary/aromatic N) is 5. The lowest BCUT2D eigenvalue weighted by Crippen LogP contribution is -2.09. The fourth-order valence-electron chi connectivity index (χ4n) is 2.57. The van der Waals surface area contributed by atoms with Crippen LogP contribution in [0.3, 0.4) is 0 Å². The van der Waals surface area contributed by atoms with E-state index in [-0.39, 0.29) is 0 Å². The van der Waals surface area contributed by atoms with Crippen molar-refractivity contribution in [2.75, 3.05) is 5.88 Å². The summed E-state index contributed by atoms with van der Waals surface area (Å²) in [6, 6.07) is 0. The van der Waals surface area contributed by atoms with Crippen molar-refractivity contribution in [1.29, 1.82) is 0 Å². The summed E-state index contributed by atoms with van der Waals surface area (Å²) in [7, 11) is 0. The second-order valence-corrected chi connectivity index (χ2v) is 6.67. The van der Waals surface area contributed by atoms with Crippen LogP contribution in [0.2, 0.25) is 0 Å². The average Bonchev–Trinajstić information content (AvgIpc) is 3.10. The summed E-state index contributed by atoms with van der Waals surface area (Å²) in [4.78, 5) is 10.3. The highest BCUT2D eigenvalue weighted by molar-refractivity contribution is 7.11. The summed E-state index contributed by atoms with van der Waals surface area (Å²) in [5.74, 6) is 1.59. The minimum Gasteiger partial charge on any atom is -0.307 e. The molecular weight excluding hydrogens is 306 g/mol. The predicted octanol–water partition coefficient (Wildman–Crippen LogP) is 3.16. The van der Waals surface area contributed by atoms with Gasteiger partial charge >= 0.3 is 0 Å². The lowest BCUT2D eigenvalue weighted by molar-refractivity contribution is 0.637. The Morgan fingerprint density at radius 1 is 1.33 bits per heavy atom.